The Morgan fingerprint density at radius 1 is 1.09 bits per heavy atom. The zero-order chi connectivity index (χ0) is 15.7. The average molecular weight is 319 g/mol. The number of nitrogens with zero attached hydrogens (tertiary/aromatic N) is 5. The predicted molar refractivity (Wildman–Crippen MR) is 72.1 cm³/mol. The lowest BCUT2D eigenvalue weighted by molar-refractivity contribution is -0.157. The second-order valence-corrected chi connectivity index (χ2v) is 5.82. The SMILES string of the molecule is CCN1CCN(C2CN(Cc3nnc(C(F)(F)F)o3)C2)CC1. The van der Waals surface area contributed by atoms with Crippen LogP contribution in [0.15, 0.2) is 4.42 Å². The summed E-state index contributed by atoms with van der Waals surface area (Å²) in [7, 11) is 0. The van der Waals surface area contributed by atoms with Crippen molar-refractivity contribution in [3.8, 4) is 0 Å². The summed E-state index contributed by atoms with van der Waals surface area (Å²) in [5.74, 6) is -1.24. The maximum Gasteiger partial charge on any atom is 0.470 e. The highest BCUT2D eigenvalue weighted by atomic mass is 19.4. The van der Waals surface area contributed by atoms with Crippen molar-refractivity contribution in [1.82, 2.24) is 24.9 Å². The van der Waals surface area contributed by atoms with E-state index in [0.29, 0.717) is 6.04 Å². The molecule has 6 nitrogen and oxygen atoms in total. The van der Waals surface area contributed by atoms with Gasteiger partial charge in [-0.1, -0.05) is 6.92 Å². The summed E-state index contributed by atoms with van der Waals surface area (Å²) < 4.78 is 41.8. The van der Waals surface area contributed by atoms with E-state index in [-0.39, 0.29) is 12.4 Å². The summed E-state index contributed by atoms with van der Waals surface area (Å²) in [5, 5.41) is 6.51. The number of hydrogen-bond acceptors (Lipinski definition) is 6. The van der Waals surface area contributed by atoms with Crippen LogP contribution >= 0.6 is 0 Å². The number of hydrogen-bond donors (Lipinski definition) is 0. The maximum atomic E-state index is 12.4. The van der Waals surface area contributed by atoms with E-state index < -0.39 is 12.1 Å². The van der Waals surface area contributed by atoms with E-state index in [9.17, 15) is 13.2 Å². The van der Waals surface area contributed by atoms with E-state index in [4.69, 9.17) is 0 Å². The summed E-state index contributed by atoms with van der Waals surface area (Å²) in [6.45, 7) is 9.53. The molecule has 2 saturated heterocycles. The summed E-state index contributed by atoms with van der Waals surface area (Å²) in [6.07, 6.45) is -4.57. The zero-order valence-electron chi connectivity index (χ0n) is 12.5. The van der Waals surface area contributed by atoms with E-state index in [0.717, 1.165) is 45.8 Å². The quantitative estimate of drug-likeness (QED) is 0.822. The van der Waals surface area contributed by atoms with Gasteiger partial charge in [0.2, 0.25) is 5.89 Å². The topological polar surface area (TPSA) is 48.6 Å². The molecule has 0 aliphatic carbocycles. The molecule has 0 unspecified atom stereocenters. The summed E-state index contributed by atoms with van der Waals surface area (Å²) >= 11 is 0. The molecule has 0 aromatic carbocycles. The van der Waals surface area contributed by atoms with Crippen molar-refractivity contribution in [3.05, 3.63) is 11.8 Å². The molecule has 2 fully saturated rings. The molecule has 0 N–H and O–H groups in total. The lowest BCUT2D eigenvalue weighted by Gasteiger charge is -2.47. The number of halogens is 3. The van der Waals surface area contributed by atoms with Gasteiger partial charge in [0.05, 0.1) is 6.54 Å². The van der Waals surface area contributed by atoms with Crippen molar-refractivity contribution in [2.45, 2.75) is 25.7 Å². The molecule has 2 aliphatic heterocycles. The third-order valence-electron chi connectivity index (χ3n) is 4.38. The molecule has 1 aromatic heterocycles. The minimum Gasteiger partial charge on any atom is -0.416 e. The van der Waals surface area contributed by atoms with Gasteiger partial charge in [-0.15, -0.1) is 10.2 Å². The first-order chi connectivity index (χ1) is 10.5. The van der Waals surface area contributed by atoms with Gasteiger partial charge in [-0.2, -0.15) is 13.2 Å². The Hall–Kier alpha value is -1.19. The first-order valence-electron chi connectivity index (χ1n) is 7.54. The second kappa shape index (κ2) is 6.13. The minimum absolute atomic E-state index is 0.0292. The van der Waals surface area contributed by atoms with Crippen LogP contribution < -0.4 is 0 Å². The fraction of sp³-hybridized carbons (Fsp3) is 0.846. The van der Waals surface area contributed by atoms with Gasteiger partial charge in [0.15, 0.2) is 0 Å². The van der Waals surface area contributed by atoms with Crippen LogP contribution in [0, 0.1) is 0 Å². The monoisotopic (exact) mass is 319 g/mol. The largest absolute Gasteiger partial charge is 0.470 e. The number of alkyl halides is 3. The van der Waals surface area contributed by atoms with Gasteiger partial charge in [-0.3, -0.25) is 9.80 Å². The molecule has 0 saturated carbocycles. The Morgan fingerprint density at radius 3 is 2.32 bits per heavy atom. The van der Waals surface area contributed by atoms with Gasteiger partial charge in [0.1, 0.15) is 0 Å². The number of likely N-dealkylation sites (N-methyl/N-ethyl adjacent to an activating group) is 1. The minimum atomic E-state index is -4.57. The summed E-state index contributed by atoms with van der Waals surface area (Å²) in [4.78, 5) is 6.91. The van der Waals surface area contributed by atoms with E-state index in [1.54, 1.807) is 0 Å². The van der Waals surface area contributed by atoms with Crippen molar-refractivity contribution in [2.24, 2.45) is 0 Å². The lowest BCUT2D eigenvalue weighted by atomic mass is 10.1. The van der Waals surface area contributed by atoms with Crippen molar-refractivity contribution in [2.75, 3.05) is 45.8 Å². The Morgan fingerprint density at radius 2 is 1.77 bits per heavy atom. The van der Waals surface area contributed by atoms with Crippen LogP contribution in [0.4, 0.5) is 13.2 Å². The van der Waals surface area contributed by atoms with Crippen LogP contribution in [0.2, 0.25) is 0 Å². The zero-order valence-corrected chi connectivity index (χ0v) is 12.5. The van der Waals surface area contributed by atoms with Gasteiger partial charge >= 0.3 is 12.1 Å². The van der Waals surface area contributed by atoms with E-state index in [1.165, 1.54) is 0 Å². The van der Waals surface area contributed by atoms with Crippen LogP contribution in [-0.2, 0) is 12.7 Å². The maximum absolute atomic E-state index is 12.4. The number of rotatable bonds is 4. The average Bonchev–Trinajstić information content (AvgIpc) is 2.91. The van der Waals surface area contributed by atoms with Gasteiger partial charge in [0, 0.05) is 45.3 Å². The lowest BCUT2D eigenvalue weighted by Crippen LogP contribution is -2.62. The first kappa shape index (κ1) is 15.7. The molecular formula is C13H20F3N5O. The molecule has 0 atom stereocenters. The normalized spacial score (nSPS) is 22.9. The molecule has 3 rings (SSSR count). The molecule has 0 radical (unpaired) electrons. The number of likely N-dealkylation sites (tertiary alicyclic amines) is 1. The number of piperazine rings is 1. The molecule has 124 valence electrons. The smallest absolute Gasteiger partial charge is 0.416 e. The highest BCUT2D eigenvalue weighted by Crippen LogP contribution is 2.28. The molecule has 0 spiro atoms. The standard InChI is InChI=1S/C13H20F3N5O/c1-2-19-3-5-21(6-4-19)10-7-20(8-10)9-11-17-18-12(22-11)13(14,15)16/h10H,2-9H2,1H3. The first-order valence-corrected chi connectivity index (χ1v) is 7.54. The summed E-state index contributed by atoms with van der Waals surface area (Å²) in [5.41, 5.74) is 0. The van der Waals surface area contributed by atoms with Gasteiger partial charge in [-0.05, 0) is 6.54 Å². The molecule has 1 aromatic rings. The molecule has 9 heteroatoms. The van der Waals surface area contributed by atoms with E-state index in [1.807, 2.05) is 4.90 Å². The van der Waals surface area contributed by atoms with E-state index in [2.05, 4.69) is 31.3 Å². The Kier molecular flexibility index (Phi) is 4.37. The molecular weight excluding hydrogens is 299 g/mol. The Balaban J connectivity index is 1.43. The highest BCUT2D eigenvalue weighted by molar-refractivity contribution is 4.93. The summed E-state index contributed by atoms with van der Waals surface area (Å²) in [6, 6.07) is 0.490. The second-order valence-electron chi connectivity index (χ2n) is 5.82. The fourth-order valence-corrected chi connectivity index (χ4v) is 2.97. The predicted octanol–water partition coefficient (Wildman–Crippen LogP) is 0.910. The van der Waals surface area contributed by atoms with Crippen molar-refractivity contribution < 1.29 is 17.6 Å². The van der Waals surface area contributed by atoms with Crippen molar-refractivity contribution in [3.63, 3.8) is 0 Å². The van der Waals surface area contributed by atoms with Gasteiger partial charge < -0.3 is 9.32 Å². The molecule has 22 heavy (non-hydrogen) atoms. The van der Waals surface area contributed by atoms with Crippen LogP contribution in [0.5, 0.6) is 0 Å². The van der Waals surface area contributed by atoms with Crippen LogP contribution in [0.3, 0.4) is 0 Å². The van der Waals surface area contributed by atoms with Crippen molar-refractivity contribution in [1.29, 1.82) is 0 Å². The van der Waals surface area contributed by atoms with E-state index >= 15 is 0 Å². The molecule has 0 amide bonds. The van der Waals surface area contributed by atoms with Crippen LogP contribution in [0.1, 0.15) is 18.7 Å². The third-order valence-corrected chi connectivity index (χ3v) is 4.38. The van der Waals surface area contributed by atoms with Crippen LogP contribution in [0.25, 0.3) is 0 Å². The molecule has 3 heterocycles. The van der Waals surface area contributed by atoms with Gasteiger partial charge in [-0.25, -0.2) is 0 Å². The number of aromatic nitrogens is 2. The molecule has 0 bridgehead atoms. The fourth-order valence-electron chi connectivity index (χ4n) is 2.97. The van der Waals surface area contributed by atoms with Crippen LogP contribution in [-0.4, -0.2) is 76.8 Å². The van der Waals surface area contributed by atoms with Gasteiger partial charge in [0.25, 0.3) is 0 Å². The molecule has 2 aliphatic rings. The Labute approximate surface area is 126 Å². The Bertz CT molecular complexity index is 492. The highest BCUT2D eigenvalue weighted by Gasteiger charge is 2.39. The third kappa shape index (κ3) is 3.41. The van der Waals surface area contributed by atoms with Crippen molar-refractivity contribution >= 4 is 0 Å².